The van der Waals surface area contributed by atoms with Crippen LogP contribution in [0, 0.1) is 5.92 Å². The molecule has 3 aromatic rings. The Bertz CT molecular complexity index is 1040. The zero-order valence-electron chi connectivity index (χ0n) is 16.4. The van der Waals surface area contributed by atoms with Crippen LogP contribution in [0.2, 0.25) is 0 Å². The Morgan fingerprint density at radius 2 is 1.69 bits per heavy atom. The average molecular weight is 388 g/mol. The topological polar surface area (TPSA) is 67.4 Å². The van der Waals surface area contributed by atoms with E-state index in [1.54, 1.807) is 7.11 Å². The summed E-state index contributed by atoms with van der Waals surface area (Å²) in [5, 5.41) is 7.89. The number of hydrogen-bond acceptors (Lipinski definition) is 3. The van der Waals surface area contributed by atoms with Crippen molar-refractivity contribution >= 4 is 28.3 Å². The van der Waals surface area contributed by atoms with Crippen molar-refractivity contribution < 1.29 is 14.3 Å². The second kappa shape index (κ2) is 8.35. The molecule has 2 amide bonds. The van der Waals surface area contributed by atoms with E-state index in [1.165, 1.54) is 0 Å². The van der Waals surface area contributed by atoms with Gasteiger partial charge in [0.1, 0.15) is 5.75 Å². The maximum atomic E-state index is 12.9. The Morgan fingerprint density at radius 1 is 1.00 bits per heavy atom. The van der Waals surface area contributed by atoms with E-state index in [4.69, 9.17) is 4.74 Å². The van der Waals surface area contributed by atoms with Crippen LogP contribution >= 0.6 is 0 Å². The normalized spacial score (nSPS) is 13.1. The van der Waals surface area contributed by atoms with Gasteiger partial charge in [-0.05, 0) is 59.9 Å². The van der Waals surface area contributed by atoms with Gasteiger partial charge in [0.25, 0.3) is 5.91 Å². The monoisotopic (exact) mass is 388 g/mol. The van der Waals surface area contributed by atoms with Crippen molar-refractivity contribution in [1.82, 2.24) is 5.32 Å². The number of ether oxygens (including phenoxy) is 1. The fourth-order valence-corrected chi connectivity index (χ4v) is 3.32. The zero-order chi connectivity index (χ0) is 20.2. The summed E-state index contributed by atoms with van der Waals surface area (Å²) in [7, 11) is 1.64. The van der Waals surface area contributed by atoms with Crippen LogP contribution < -0.4 is 15.4 Å². The van der Waals surface area contributed by atoms with Gasteiger partial charge in [-0.15, -0.1) is 0 Å². The fraction of sp³-hybridized carbons (Fsp3) is 0.250. The number of methoxy groups -OCH3 is 1. The molecule has 0 heterocycles. The number of carbonyl (C=O) groups is 2. The van der Waals surface area contributed by atoms with E-state index in [0.29, 0.717) is 24.2 Å². The molecule has 1 aliphatic carbocycles. The highest BCUT2D eigenvalue weighted by atomic mass is 16.5. The van der Waals surface area contributed by atoms with Crippen LogP contribution in [0.15, 0.2) is 60.7 Å². The highest BCUT2D eigenvalue weighted by Crippen LogP contribution is 2.32. The van der Waals surface area contributed by atoms with Gasteiger partial charge in [-0.1, -0.05) is 36.4 Å². The molecule has 0 spiro atoms. The molecular weight excluding hydrogens is 364 g/mol. The minimum absolute atomic E-state index is 0.00689. The maximum absolute atomic E-state index is 12.9. The summed E-state index contributed by atoms with van der Waals surface area (Å²) in [6.07, 6.45) is 2.55. The molecule has 148 valence electrons. The number of anilines is 1. The first-order valence-electron chi connectivity index (χ1n) is 9.89. The molecule has 0 saturated heterocycles. The molecule has 0 atom stereocenters. The predicted octanol–water partition coefficient (Wildman–Crippen LogP) is 4.17. The minimum Gasteiger partial charge on any atom is -0.497 e. The van der Waals surface area contributed by atoms with Gasteiger partial charge in [0.15, 0.2) is 0 Å². The molecule has 29 heavy (non-hydrogen) atoms. The van der Waals surface area contributed by atoms with Crippen LogP contribution in [0.4, 0.5) is 5.69 Å². The molecular formula is C24H24N2O3. The van der Waals surface area contributed by atoms with Gasteiger partial charge in [0.2, 0.25) is 5.91 Å². The summed E-state index contributed by atoms with van der Waals surface area (Å²) in [6.45, 7) is 0.508. The van der Waals surface area contributed by atoms with Crippen molar-refractivity contribution in [3.8, 4) is 5.75 Å². The molecule has 5 nitrogen and oxygen atoms in total. The summed E-state index contributed by atoms with van der Waals surface area (Å²) in [4.78, 5) is 25.2. The summed E-state index contributed by atoms with van der Waals surface area (Å²) in [6, 6.07) is 19.4. The van der Waals surface area contributed by atoms with Gasteiger partial charge in [-0.25, -0.2) is 0 Å². The zero-order valence-corrected chi connectivity index (χ0v) is 16.4. The molecule has 0 aromatic heterocycles. The maximum Gasteiger partial charge on any atom is 0.253 e. The highest BCUT2D eigenvalue weighted by Gasteiger charge is 2.30. The van der Waals surface area contributed by atoms with Crippen molar-refractivity contribution in [2.75, 3.05) is 19.0 Å². The van der Waals surface area contributed by atoms with Crippen LogP contribution in [0.25, 0.3) is 10.8 Å². The summed E-state index contributed by atoms with van der Waals surface area (Å²) in [5.74, 6) is 0.695. The second-order valence-corrected chi connectivity index (χ2v) is 7.36. The van der Waals surface area contributed by atoms with E-state index in [1.807, 2.05) is 60.7 Å². The van der Waals surface area contributed by atoms with Gasteiger partial charge >= 0.3 is 0 Å². The van der Waals surface area contributed by atoms with E-state index >= 15 is 0 Å². The lowest BCUT2D eigenvalue weighted by Crippen LogP contribution is -2.27. The second-order valence-electron chi connectivity index (χ2n) is 7.36. The van der Waals surface area contributed by atoms with Gasteiger partial charge in [-0.3, -0.25) is 9.59 Å². The first-order chi connectivity index (χ1) is 14.1. The number of amides is 2. The molecule has 0 aliphatic heterocycles. The molecule has 3 aromatic carbocycles. The molecule has 4 rings (SSSR count). The molecule has 0 unspecified atom stereocenters. The quantitative estimate of drug-likeness (QED) is 0.638. The first kappa shape index (κ1) is 19.0. The van der Waals surface area contributed by atoms with Crippen LogP contribution in [0.1, 0.15) is 28.8 Å². The van der Waals surface area contributed by atoms with Gasteiger partial charge < -0.3 is 15.4 Å². The average Bonchev–Trinajstić information content (AvgIpc) is 3.59. The Morgan fingerprint density at radius 3 is 2.34 bits per heavy atom. The van der Waals surface area contributed by atoms with Crippen LogP contribution in [-0.2, 0) is 11.2 Å². The van der Waals surface area contributed by atoms with Crippen molar-refractivity contribution in [2.45, 2.75) is 19.3 Å². The van der Waals surface area contributed by atoms with Crippen molar-refractivity contribution in [3.05, 3.63) is 71.8 Å². The number of rotatable bonds is 7. The van der Waals surface area contributed by atoms with Crippen LogP contribution in [-0.4, -0.2) is 25.5 Å². The largest absolute Gasteiger partial charge is 0.497 e. The SMILES string of the molecule is COc1ccc(CCNC(=O)c2cc3ccccc3cc2NC(=O)C2CC2)cc1. The molecule has 1 aliphatic rings. The lowest BCUT2D eigenvalue weighted by molar-refractivity contribution is -0.117. The summed E-state index contributed by atoms with van der Waals surface area (Å²) in [5.41, 5.74) is 2.18. The standard InChI is InChI=1S/C24H24N2O3/c1-29-20-10-6-16(7-11-20)12-13-25-24(28)21-14-18-4-2-3-5-19(18)15-22(21)26-23(27)17-8-9-17/h2-7,10-11,14-15,17H,8-9,12-13H2,1H3,(H,25,28)(H,26,27). The number of hydrogen-bond donors (Lipinski definition) is 2. The van der Waals surface area contributed by atoms with Crippen LogP contribution in [0.3, 0.4) is 0 Å². The van der Waals surface area contributed by atoms with Gasteiger partial charge in [0, 0.05) is 12.5 Å². The van der Waals surface area contributed by atoms with Crippen LogP contribution in [0.5, 0.6) is 5.75 Å². The Hall–Kier alpha value is -3.34. The Kier molecular flexibility index (Phi) is 5.47. The van der Waals surface area contributed by atoms with Gasteiger partial charge in [0.05, 0.1) is 18.4 Å². The molecule has 0 bridgehead atoms. The third kappa shape index (κ3) is 4.57. The van der Waals surface area contributed by atoms with E-state index in [-0.39, 0.29) is 17.7 Å². The lowest BCUT2D eigenvalue weighted by atomic mass is 10.0. The van der Waals surface area contributed by atoms with Crippen molar-refractivity contribution in [1.29, 1.82) is 0 Å². The van der Waals surface area contributed by atoms with E-state index in [2.05, 4.69) is 10.6 Å². The molecule has 1 saturated carbocycles. The van der Waals surface area contributed by atoms with Gasteiger partial charge in [-0.2, -0.15) is 0 Å². The third-order valence-corrected chi connectivity index (χ3v) is 5.19. The molecule has 0 radical (unpaired) electrons. The molecule has 5 heteroatoms. The molecule has 2 N–H and O–H groups in total. The number of nitrogens with one attached hydrogen (secondary N) is 2. The Labute approximate surface area is 170 Å². The predicted molar refractivity (Wildman–Crippen MR) is 114 cm³/mol. The van der Waals surface area contributed by atoms with Crippen molar-refractivity contribution in [3.63, 3.8) is 0 Å². The Balaban J connectivity index is 1.49. The van der Waals surface area contributed by atoms with E-state index in [0.717, 1.165) is 34.9 Å². The number of fused-ring (bicyclic) bond motifs is 1. The minimum atomic E-state index is -0.185. The third-order valence-electron chi connectivity index (χ3n) is 5.19. The van der Waals surface area contributed by atoms with E-state index < -0.39 is 0 Å². The van der Waals surface area contributed by atoms with Crippen molar-refractivity contribution in [2.24, 2.45) is 5.92 Å². The number of carbonyl (C=O) groups excluding carboxylic acids is 2. The summed E-state index contributed by atoms with van der Waals surface area (Å²) < 4.78 is 5.17. The number of benzene rings is 3. The lowest BCUT2D eigenvalue weighted by Gasteiger charge is -2.13. The van der Waals surface area contributed by atoms with E-state index in [9.17, 15) is 9.59 Å². The fourth-order valence-electron chi connectivity index (χ4n) is 3.32. The summed E-state index contributed by atoms with van der Waals surface area (Å²) >= 11 is 0. The highest BCUT2D eigenvalue weighted by molar-refractivity contribution is 6.08. The first-order valence-corrected chi connectivity index (χ1v) is 9.89. The smallest absolute Gasteiger partial charge is 0.253 e. The molecule has 1 fully saturated rings.